The first-order valence-corrected chi connectivity index (χ1v) is 4.31. The Kier molecular flexibility index (Phi) is 1.67. The maximum absolute atomic E-state index is 6.08. The van der Waals surface area contributed by atoms with Gasteiger partial charge in [-0.05, 0) is 13.3 Å². The first-order chi connectivity index (χ1) is 5.20. The smallest absolute Gasteiger partial charge is 0.0805 e. The molecule has 2 aliphatic heterocycles. The van der Waals surface area contributed by atoms with Crippen LogP contribution in [0.25, 0.3) is 0 Å². The minimum atomic E-state index is -0.153. The van der Waals surface area contributed by atoms with Gasteiger partial charge in [0, 0.05) is 25.6 Å². The van der Waals surface area contributed by atoms with Crippen LogP contribution in [0.4, 0.5) is 0 Å². The summed E-state index contributed by atoms with van der Waals surface area (Å²) in [5.74, 6) is 0.652. The molecule has 3 unspecified atom stereocenters. The summed E-state index contributed by atoms with van der Waals surface area (Å²) in [6, 6.07) is 0. The molecule has 2 saturated heterocycles. The van der Waals surface area contributed by atoms with Gasteiger partial charge in [-0.3, -0.25) is 0 Å². The third-order valence-electron chi connectivity index (χ3n) is 2.78. The highest BCUT2D eigenvalue weighted by atomic mass is 16.5. The summed E-state index contributed by atoms with van der Waals surface area (Å²) in [6.07, 6.45) is 1.47. The molecule has 2 heterocycles. The fraction of sp³-hybridized carbons (Fsp3) is 1.00. The van der Waals surface area contributed by atoms with Crippen molar-refractivity contribution < 1.29 is 4.74 Å². The maximum Gasteiger partial charge on any atom is 0.0805 e. The van der Waals surface area contributed by atoms with Gasteiger partial charge in [-0.25, -0.2) is 0 Å². The van der Waals surface area contributed by atoms with Crippen LogP contribution < -0.4 is 11.1 Å². The van der Waals surface area contributed by atoms with E-state index in [1.54, 1.807) is 0 Å². The number of ether oxygens (including phenoxy) is 1. The van der Waals surface area contributed by atoms with E-state index in [9.17, 15) is 0 Å². The fourth-order valence-corrected chi connectivity index (χ4v) is 2.20. The van der Waals surface area contributed by atoms with E-state index in [2.05, 4.69) is 12.2 Å². The monoisotopic (exact) mass is 156 g/mol. The lowest BCUT2D eigenvalue weighted by atomic mass is 9.83. The molecule has 0 aromatic rings. The van der Waals surface area contributed by atoms with Gasteiger partial charge in [0.2, 0.25) is 0 Å². The van der Waals surface area contributed by atoms with Crippen LogP contribution in [0.15, 0.2) is 0 Å². The van der Waals surface area contributed by atoms with Gasteiger partial charge in [0.25, 0.3) is 0 Å². The molecule has 3 atom stereocenters. The normalized spacial score (nSPS) is 50.7. The van der Waals surface area contributed by atoms with Crippen LogP contribution in [0.5, 0.6) is 0 Å². The van der Waals surface area contributed by atoms with Gasteiger partial charge in [-0.2, -0.15) is 0 Å². The Morgan fingerprint density at radius 3 is 3.18 bits per heavy atom. The predicted molar refractivity (Wildman–Crippen MR) is 43.3 cm³/mol. The molecule has 3 heteroatoms. The highest BCUT2D eigenvalue weighted by Gasteiger charge is 2.43. The summed E-state index contributed by atoms with van der Waals surface area (Å²) >= 11 is 0. The Labute approximate surface area is 67.3 Å². The molecule has 0 bridgehead atoms. The summed E-state index contributed by atoms with van der Waals surface area (Å²) in [6.45, 7) is 4.93. The molecule has 0 saturated carbocycles. The van der Waals surface area contributed by atoms with E-state index < -0.39 is 0 Å². The Bertz CT molecular complexity index is 158. The summed E-state index contributed by atoms with van der Waals surface area (Å²) in [5.41, 5.74) is 5.92. The van der Waals surface area contributed by atoms with Crippen molar-refractivity contribution in [2.24, 2.45) is 11.7 Å². The van der Waals surface area contributed by atoms with Crippen LogP contribution in [-0.4, -0.2) is 31.3 Å². The van der Waals surface area contributed by atoms with Crippen molar-refractivity contribution in [3.63, 3.8) is 0 Å². The SMILES string of the molecule is CC1(N)CNCC2CCOC21. The van der Waals surface area contributed by atoms with Crippen LogP contribution in [0.3, 0.4) is 0 Å². The van der Waals surface area contributed by atoms with Crippen LogP contribution in [-0.2, 0) is 4.74 Å². The lowest BCUT2D eigenvalue weighted by Gasteiger charge is -2.39. The Hall–Kier alpha value is -0.120. The standard InChI is InChI=1S/C8H16N2O/c1-8(9)5-10-4-6-2-3-11-7(6)8/h6-7,10H,2-5,9H2,1H3. The minimum absolute atomic E-state index is 0.153. The number of hydrogen-bond donors (Lipinski definition) is 2. The number of hydrogen-bond acceptors (Lipinski definition) is 3. The minimum Gasteiger partial charge on any atom is -0.376 e. The van der Waals surface area contributed by atoms with Crippen molar-refractivity contribution in [1.82, 2.24) is 5.32 Å². The molecule has 2 aliphatic rings. The molecular weight excluding hydrogens is 140 g/mol. The van der Waals surface area contributed by atoms with E-state index >= 15 is 0 Å². The number of nitrogens with two attached hydrogens (primary N) is 1. The second kappa shape index (κ2) is 2.44. The average Bonchev–Trinajstić information content (AvgIpc) is 2.34. The first kappa shape index (κ1) is 7.53. The molecule has 2 rings (SSSR count). The van der Waals surface area contributed by atoms with Crippen LogP contribution in [0, 0.1) is 5.92 Å². The number of rotatable bonds is 0. The molecule has 3 nitrogen and oxygen atoms in total. The van der Waals surface area contributed by atoms with Gasteiger partial charge in [0.15, 0.2) is 0 Å². The van der Waals surface area contributed by atoms with Crippen molar-refractivity contribution in [3.8, 4) is 0 Å². The average molecular weight is 156 g/mol. The number of piperidine rings is 1. The Balaban J connectivity index is 2.13. The molecular formula is C8H16N2O. The first-order valence-electron chi connectivity index (χ1n) is 4.31. The quantitative estimate of drug-likeness (QED) is 0.507. The number of nitrogens with one attached hydrogen (secondary N) is 1. The molecule has 0 amide bonds. The molecule has 0 radical (unpaired) electrons. The predicted octanol–water partition coefficient (Wildman–Crippen LogP) is -0.288. The summed E-state index contributed by atoms with van der Waals surface area (Å²) < 4.78 is 5.61. The molecule has 0 aromatic heterocycles. The van der Waals surface area contributed by atoms with Gasteiger partial charge in [-0.15, -0.1) is 0 Å². The zero-order chi connectivity index (χ0) is 7.90. The van der Waals surface area contributed by atoms with Gasteiger partial charge in [-0.1, -0.05) is 0 Å². The Morgan fingerprint density at radius 1 is 1.64 bits per heavy atom. The van der Waals surface area contributed by atoms with E-state index in [0.717, 1.165) is 19.7 Å². The summed E-state index contributed by atoms with van der Waals surface area (Å²) in [7, 11) is 0. The van der Waals surface area contributed by atoms with Crippen molar-refractivity contribution in [1.29, 1.82) is 0 Å². The van der Waals surface area contributed by atoms with E-state index in [4.69, 9.17) is 10.5 Å². The lowest BCUT2D eigenvalue weighted by molar-refractivity contribution is 0.0171. The van der Waals surface area contributed by atoms with E-state index in [1.807, 2.05) is 0 Å². The van der Waals surface area contributed by atoms with Crippen molar-refractivity contribution in [2.45, 2.75) is 25.0 Å². The molecule has 11 heavy (non-hydrogen) atoms. The van der Waals surface area contributed by atoms with Crippen LogP contribution >= 0.6 is 0 Å². The number of fused-ring (bicyclic) bond motifs is 1. The van der Waals surface area contributed by atoms with Crippen LogP contribution in [0.2, 0.25) is 0 Å². The topological polar surface area (TPSA) is 47.3 Å². The second-order valence-electron chi connectivity index (χ2n) is 3.98. The zero-order valence-corrected chi connectivity index (χ0v) is 6.97. The Morgan fingerprint density at radius 2 is 2.45 bits per heavy atom. The van der Waals surface area contributed by atoms with E-state index in [1.165, 1.54) is 6.42 Å². The second-order valence-corrected chi connectivity index (χ2v) is 3.98. The molecule has 2 fully saturated rings. The van der Waals surface area contributed by atoms with Gasteiger partial charge in [0.1, 0.15) is 0 Å². The van der Waals surface area contributed by atoms with Gasteiger partial charge in [0.05, 0.1) is 11.6 Å². The van der Waals surface area contributed by atoms with Crippen molar-refractivity contribution >= 4 is 0 Å². The largest absolute Gasteiger partial charge is 0.376 e. The van der Waals surface area contributed by atoms with Crippen LogP contribution in [0.1, 0.15) is 13.3 Å². The van der Waals surface area contributed by atoms with Crippen molar-refractivity contribution in [3.05, 3.63) is 0 Å². The van der Waals surface area contributed by atoms with Gasteiger partial charge >= 0.3 is 0 Å². The highest BCUT2D eigenvalue weighted by molar-refractivity contribution is 5.00. The van der Waals surface area contributed by atoms with Crippen molar-refractivity contribution in [2.75, 3.05) is 19.7 Å². The highest BCUT2D eigenvalue weighted by Crippen LogP contribution is 2.29. The maximum atomic E-state index is 6.08. The van der Waals surface area contributed by atoms with E-state index in [0.29, 0.717) is 12.0 Å². The molecule has 0 aliphatic carbocycles. The zero-order valence-electron chi connectivity index (χ0n) is 6.97. The third-order valence-corrected chi connectivity index (χ3v) is 2.78. The lowest BCUT2D eigenvalue weighted by Crippen LogP contribution is -2.62. The molecule has 64 valence electrons. The third kappa shape index (κ3) is 1.17. The van der Waals surface area contributed by atoms with E-state index in [-0.39, 0.29) is 5.54 Å². The summed E-state index contributed by atoms with van der Waals surface area (Å²) in [4.78, 5) is 0. The fourth-order valence-electron chi connectivity index (χ4n) is 2.20. The van der Waals surface area contributed by atoms with Gasteiger partial charge < -0.3 is 15.8 Å². The molecule has 3 N–H and O–H groups in total. The summed E-state index contributed by atoms with van der Waals surface area (Å²) in [5, 5.41) is 3.34. The molecule has 0 spiro atoms. The molecule has 0 aromatic carbocycles.